The first-order valence-corrected chi connectivity index (χ1v) is 8.86. The molecule has 1 aromatic rings. The molecule has 118 valence electrons. The molecule has 1 aliphatic heterocycles. The molecule has 0 amide bonds. The van der Waals surface area contributed by atoms with Crippen LogP contribution in [0.15, 0.2) is 16.3 Å². The molecule has 6 nitrogen and oxygen atoms in total. The molecule has 1 N–H and O–H groups in total. The van der Waals surface area contributed by atoms with E-state index < -0.39 is 21.5 Å². The fourth-order valence-corrected chi connectivity index (χ4v) is 5.96. The van der Waals surface area contributed by atoms with Crippen molar-refractivity contribution in [2.45, 2.75) is 37.1 Å². The minimum absolute atomic E-state index is 0.0176. The molecule has 1 fully saturated rings. The largest absolute Gasteiger partial charge is 0.486 e. The number of thiophene rings is 1. The Bertz CT molecular complexity index is 635. The molecule has 0 aliphatic carbocycles. The van der Waals surface area contributed by atoms with Crippen LogP contribution < -0.4 is 4.74 Å². The van der Waals surface area contributed by atoms with Gasteiger partial charge in [0.05, 0.1) is 7.11 Å². The topological polar surface area (TPSA) is 83.9 Å². The molecular formula is C13H19NO5S2. The van der Waals surface area contributed by atoms with E-state index in [-0.39, 0.29) is 23.8 Å². The van der Waals surface area contributed by atoms with Gasteiger partial charge in [-0.15, -0.1) is 11.3 Å². The number of carbonyl (C=O) groups is 1. The standard InChI is InChI=1S/C13H19NO5S2/c1-13(2)7-9(6-11(15)16)8-14(13)21(17,18)10-4-5-20-12(10)19-3/h4-5,9H,6-8H2,1-3H3,(H,15,16). The summed E-state index contributed by atoms with van der Waals surface area (Å²) in [7, 11) is -2.25. The van der Waals surface area contributed by atoms with E-state index in [0.29, 0.717) is 11.5 Å². The first-order chi connectivity index (χ1) is 9.68. The highest BCUT2D eigenvalue weighted by molar-refractivity contribution is 7.89. The molecule has 1 atom stereocenters. The van der Waals surface area contributed by atoms with E-state index in [1.807, 2.05) is 13.8 Å². The highest BCUT2D eigenvalue weighted by atomic mass is 32.2. The first-order valence-electron chi connectivity index (χ1n) is 6.54. The predicted octanol–water partition coefficient (Wildman–Crippen LogP) is 2.02. The molecule has 0 saturated carbocycles. The summed E-state index contributed by atoms with van der Waals surface area (Å²) in [5, 5.41) is 10.9. The Morgan fingerprint density at radius 2 is 2.24 bits per heavy atom. The Morgan fingerprint density at radius 1 is 1.57 bits per heavy atom. The summed E-state index contributed by atoms with van der Waals surface area (Å²) in [5.41, 5.74) is -0.605. The average Bonchev–Trinajstić information content (AvgIpc) is 2.92. The fraction of sp³-hybridized carbons (Fsp3) is 0.615. The smallest absolute Gasteiger partial charge is 0.303 e. The number of carboxylic acid groups (broad SMARTS) is 1. The van der Waals surface area contributed by atoms with E-state index in [9.17, 15) is 13.2 Å². The summed E-state index contributed by atoms with van der Waals surface area (Å²) in [6.07, 6.45) is 0.515. The SMILES string of the molecule is COc1sccc1S(=O)(=O)N1CC(CC(=O)O)CC1(C)C. The van der Waals surface area contributed by atoms with Crippen LogP contribution in [0.1, 0.15) is 26.7 Å². The number of hydrogen-bond acceptors (Lipinski definition) is 5. The van der Waals surface area contributed by atoms with E-state index >= 15 is 0 Å². The van der Waals surface area contributed by atoms with Crippen molar-refractivity contribution >= 4 is 27.3 Å². The maximum Gasteiger partial charge on any atom is 0.303 e. The van der Waals surface area contributed by atoms with Crippen LogP contribution in [-0.2, 0) is 14.8 Å². The first kappa shape index (κ1) is 16.3. The number of sulfonamides is 1. The molecule has 2 heterocycles. The van der Waals surface area contributed by atoms with Crippen LogP contribution in [0, 0.1) is 5.92 Å². The van der Waals surface area contributed by atoms with Crippen LogP contribution in [0.25, 0.3) is 0 Å². The number of methoxy groups -OCH3 is 1. The van der Waals surface area contributed by atoms with Crippen molar-refractivity contribution in [2.24, 2.45) is 5.92 Å². The third-order valence-electron chi connectivity index (χ3n) is 3.70. The minimum Gasteiger partial charge on any atom is -0.486 e. The number of aliphatic carboxylic acids is 1. The molecule has 1 aromatic heterocycles. The van der Waals surface area contributed by atoms with E-state index in [0.717, 1.165) is 0 Å². The van der Waals surface area contributed by atoms with E-state index in [1.165, 1.54) is 28.8 Å². The van der Waals surface area contributed by atoms with Crippen LogP contribution in [0.3, 0.4) is 0 Å². The molecule has 8 heteroatoms. The molecule has 1 aliphatic rings. The summed E-state index contributed by atoms with van der Waals surface area (Å²) >= 11 is 1.22. The zero-order valence-electron chi connectivity index (χ0n) is 12.2. The van der Waals surface area contributed by atoms with Gasteiger partial charge in [-0.05, 0) is 37.6 Å². The second kappa shape index (κ2) is 5.58. The molecule has 0 aromatic carbocycles. The van der Waals surface area contributed by atoms with E-state index in [2.05, 4.69) is 0 Å². The van der Waals surface area contributed by atoms with E-state index in [1.54, 1.807) is 5.38 Å². The number of rotatable bonds is 5. The quantitative estimate of drug-likeness (QED) is 0.891. The monoisotopic (exact) mass is 333 g/mol. The Balaban J connectivity index is 2.34. The number of hydrogen-bond donors (Lipinski definition) is 1. The normalized spacial score (nSPS) is 22.3. The Hall–Kier alpha value is -1.12. The summed E-state index contributed by atoms with van der Waals surface area (Å²) in [5.74, 6) is -1.07. The van der Waals surface area contributed by atoms with Gasteiger partial charge in [-0.1, -0.05) is 0 Å². The molecule has 21 heavy (non-hydrogen) atoms. The van der Waals surface area contributed by atoms with Crippen LogP contribution in [0.5, 0.6) is 5.06 Å². The van der Waals surface area contributed by atoms with Crippen molar-refractivity contribution < 1.29 is 23.1 Å². The third kappa shape index (κ3) is 3.07. The summed E-state index contributed by atoms with van der Waals surface area (Å²) in [6, 6.07) is 1.53. The summed E-state index contributed by atoms with van der Waals surface area (Å²) in [6.45, 7) is 3.87. The van der Waals surface area contributed by atoms with Gasteiger partial charge in [0.2, 0.25) is 10.0 Å². The Kier molecular flexibility index (Phi) is 4.32. The van der Waals surface area contributed by atoms with Gasteiger partial charge < -0.3 is 9.84 Å². The average molecular weight is 333 g/mol. The maximum absolute atomic E-state index is 12.8. The number of nitrogens with zero attached hydrogens (tertiary/aromatic N) is 1. The number of ether oxygens (including phenoxy) is 1. The van der Waals surface area contributed by atoms with Crippen LogP contribution in [0.2, 0.25) is 0 Å². The zero-order chi connectivity index (χ0) is 15.8. The van der Waals surface area contributed by atoms with Gasteiger partial charge in [0.25, 0.3) is 0 Å². The van der Waals surface area contributed by atoms with Gasteiger partial charge in [0.15, 0.2) is 5.06 Å². The van der Waals surface area contributed by atoms with Crippen molar-refractivity contribution in [3.63, 3.8) is 0 Å². The molecule has 1 unspecified atom stereocenters. The lowest BCUT2D eigenvalue weighted by Crippen LogP contribution is -2.42. The lowest BCUT2D eigenvalue weighted by Gasteiger charge is -2.30. The van der Waals surface area contributed by atoms with Gasteiger partial charge >= 0.3 is 5.97 Å². The summed E-state index contributed by atoms with van der Waals surface area (Å²) in [4.78, 5) is 11.0. The Labute approximate surface area is 128 Å². The predicted molar refractivity (Wildman–Crippen MR) is 79.2 cm³/mol. The van der Waals surface area contributed by atoms with Gasteiger partial charge in [-0.2, -0.15) is 4.31 Å². The molecule has 0 spiro atoms. The van der Waals surface area contributed by atoms with Gasteiger partial charge in [0.1, 0.15) is 4.90 Å². The third-order valence-corrected chi connectivity index (χ3v) is 6.80. The Morgan fingerprint density at radius 3 is 2.81 bits per heavy atom. The second-order valence-electron chi connectivity index (χ2n) is 5.79. The zero-order valence-corrected chi connectivity index (χ0v) is 13.8. The van der Waals surface area contributed by atoms with Crippen LogP contribution >= 0.6 is 11.3 Å². The van der Waals surface area contributed by atoms with Gasteiger partial charge in [-0.3, -0.25) is 4.79 Å². The van der Waals surface area contributed by atoms with Crippen molar-refractivity contribution in [1.29, 1.82) is 0 Å². The molecule has 0 radical (unpaired) electrons. The molecule has 2 rings (SSSR count). The second-order valence-corrected chi connectivity index (χ2v) is 8.50. The highest BCUT2D eigenvalue weighted by Crippen LogP contribution is 2.41. The number of carboxylic acids is 1. The fourth-order valence-electron chi connectivity index (χ4n) is 2.90. The van der Waals surface area contributed by atoms with Crippen molar-refractivity contribution in [3.05, 3.63) is 11.4 Å². The summed E-state index contributed by atoms with van der Waals surface area (Å²) < 4.78 is 32.2. The molecule has 1 saturated heterocycles. The maximum atomic E-state index is 12.8. The van der Waals surface area contributed by atoms with Crippen LogP contribution in [0.4, 0.5) is 0 Å². The van der Waals surface area contributed by atoms with Crippen molar-refractivity contribution in [1.82, 2.24) is 4.31 Å². The van der Waals surface area contributed by atoms with Crippen LogP contribution in [-0.4, -0.2) is 43.0 Å². The van der Waals surface area contributed by atoms with E-state index in [4.69, 9.17) is 9.84 Å². The van der Waals surface area contributed by atoms with Gasteiger partial charge in [-0.25, -0.2) is 8.42 Å². The minimum atomic E-state index is -3.69. The lowest BCUT2D eigenvalue weighted by molar-refractivity contribution is -0.138. The van der Waals surface area contributed by atoms with Crippen molar-refractivity contribution in [3.8, 4) is 5.06 Å². The molecule has 0 bridgehead atoms. The highest BCUT2D eigenvalue weighted by Gasteiger charge is 2.46. The molecular weight excluding hydrogens is 314 g/mol. The van der Waals surface area contributed by atoms with Crippen molar-refractivity contribution in [2.75, 3.05) is 13.7 Å². The lowest BCUT2D eigenvalue weighted by atomic mass is 9.95. The van der Waals surface area contributed by atoms with Gasteiger partial charge in [0, 0.05) is 18.5 Å².